The average Bonchev–Trinajstić information content (AvgIpc) is 2.19. The number of hydroxylamine groups is 1. The summed E-state index contributed by atoms with van der Waals surface area (Å²) in [6.07, 6.45) is 3.13. The SMILES string of the molecule is ONCc1ccoc1. The maximum absolute atomic E-state index is 8.15. The molecule has 0 aliphatic rings. The van der Waals surface area contributed by atoms with Gasteiger partial charge >= 0.3 is 0 Å². The number of furan rings is 1. The lowest BCUT2D eigenvalue weighted by Gasteiger charge is -1.87. The maximum Gasteiger partial charge on any atom is 0.0948 e. The Kier molecular flexibility index (Phi) is 1.66. The smallest absolute Gasteiger partial charge is 0.0948 e. The number of rotatable bonds is 2. The second kappa shape index (κ2) is 2.49. The summed E-state index contributed by atoms with van der Waals surface area (Å²) in [5, 5.41) is 8.15. The van der Waals surface area contributed by atoms with Crippen LogP contribution >= 0.6 is 0 Å². The van der Waals surface area contributed by atoms with Crippen molar-refractivity contribution in [3.8, 4) is 0 Å². The Morgan fingerprint density at radius 1 is 1.75 bits per heavy atom. The highest BCUT2D eigenvalue weighted by Crippen LogP contribution is 1.96. The van der Waals surface area contributed by atoms with Crippen LogP contribution < -0.4 is 5.48 Å². The molecule has 0 saturated carbocycles. The lowest BCUT2D eigenvalue weighted by molar-refractivity contribution is 0.161. The molecular weight excluding hydrogens is 106 g/mol. The van der Waals surface area contributed by atoms with Crippen LogP contribution in [0.2, 0.25) is 0 Å². The van der Waals surface area contributed by atoms with Crippen LogP contribution in [-0.4, -0.2) is 5.21 Å². The molecular formula is C5H7NO2. The van der Waals surface area contributed by atoms with Crippen LogP contribution in [-0.2, 0) is 6.54 Å². The van der Waals surface area contributed by atoms with Crippen molar-refractivity contribution in [3.63, 3.8) is 0 Å². The van der Waals surface area contributed by atoms with E-state index in [0.717, 1.165) is 5.56 Å². The van der Waals surface area contributed by atoms with E-state index >= 15 is 0 Å². The lowest BCUT2D eigenvalue weighted by atomic mass is 10.4. The summed E-state index contributed by atoms with van der Waals surface area (Å²) in [4.78, 5) is 0. The third-order valence-corrected chi connectivity index (χ3v) is 0.863. The van der Waals surface area contributed by atoms with Crippen LogP contribution in [0, 0.1) is 0 Å². The summed E-state index contributed by atoms with van der Waals surface area (Å²) < 4.78 is 4.72. The van der Waals surface area contributed by atoms with Gasteiger partial charge in [-0.3, -0.25) is 0 Å². The van der Waals surface area contributed by atoms with E-state index < -0.39 is 0 Å². The predicted molar refractivity (Wildman–Crippen MR) is 27.3 cm³/mol. The first-order valence-electron chi connectivity index (χ1n) is 2.31. The largest absolute Gasteiger partial charge is 0.472 e. The number of hydrogen-bond donors (Lipinski definition) is 2. The molecule has 1 rings (SSSR count). The lowest BCUT2D eigenvalue weighted by Crippen LogP contribution is -2.04. The van der Waals surface area contributed by atoms with Gasteiger partial charge in [0.25, 0.3) is 0 Å². The Morgan fingerprint density at radius 2 is 2.62 bits per heavy atom. The van der Waals surface area contributed by atoms with Crippen molar-refractivity contribution in [2.75, 3.05) is 0 Å². The van der Waals surface area contributed by atoms with Crippen LogP contribution in [0.4, 0.5) is 0 Å². The summed E-state index contributed by atoms with van der Waals surface area (Å²) in [6, 6.07) is 1.78. The standard InChI is InChI=1S/C5H7NO2/c7-6-3-5-1-2-8-4-5/h1-2,4,6-7H,3H2. The summed E-state index contributed by atoms with van der Waals surface area (Å²) in [5.41, 5.74) is 2.95. The second-order valence-electron chi connectivity index (χ2n) is 1.47. The third-order valence-electron chi connectivity index (χ3n) is 0.863. The minimum absolute atomic E-state index is 0.441. The highest BCUT2D eigenvalue weighted by molar-refractivity contribution is 5.03. The molecule has 0 aliphatic carbocycles. The van der Waals surface area contributed by atoms with Gasteiger partial charge in [-0.1, -0.05) is 0 Å². The Labute approximate surface area is 46.9 Å². The molecule has 1 heterocycles. The molecule has 0 saturated heterocycles. The highest BCUT2D eigenvalue weighted by atomic mass is 16.5. The van der Waals surface area contributed by atoms with Gasteiger partial charge in [-0.25, -0.2) is 5.48 Å². The molecule has 0 atom stereocenters. The van der Waals surface area contributed by atoms with Gasteiger partial charge in [0.2, 0.25) is 0 Å². The van der Waals surface area contributed by atoms with Crippen molar-refractivity contribution in [2.45, 2.75) is 6.54 Å². The summed E-state index contributed by atoms with van der Waals surface area (Å²) in [6.45, 7) is 0.441. The van der Waals surface area contributed by atoms with Crippen LogP contribution in [0.1, 0.15) is 5.56 Å². The molecule has 0 spiro atoms. The van der Waals surface area contributed by atoms with E-state index in [1.165, 1.54) is 0 Å². The fraction of sp³-hybridized carbons (Fsp3) is 0.200. The van der Waals surface area contributed by atoms with E-state index in [-0.39, 0.29) is 0 Å². The minimum atomic E-state index is 0.441. The Bertz CT molecular complexity index is 136. The molecule has 0 unspecified atom stereocenters. The quantitative estimate of drug-likeness (QED) is 0.556. The monoisotopic (exact) mass is 113 g/mol. The molecule has 8 heavy (non-hydrogen) atoms. The first kappa shape index (κ1) is 5.34. The first-order chi connectivity index (χ1) is 3.93. The predicted octanol–water partition coefficient (Wildman–Crippen LogP) is 0.758. The molecule has 3 heteroatoms. The molecule has 1 aromatic rings. The first-order valence-corrected chi connectivity index (χ1v) is 2.31. The van der Waals surface area contributed by atoms with Crippen molar-refractivity contribution in [1.82, 2.24) is 5.48 Å². The van der Waals surface area contributed by atoms with E-state index in [2.05, 4.69) is 0 Å². The molecule has 0 aromatic carbocycles. The van der Waals surface area contributed by atoms with E-state index in [1.807, 2.05) is 5.48 Å². The molecule has 3 nitrogen and oxygen atoms in total. The van der Waals surface area contributed by atoms with Crippen molar-refractivity contribution >= 4 is 0 Å². The minimum Gasteiger partial charge on any atom is -0.472 e. The molecule has 44 valence electrons. The van der Waals surface area contributed by atoms with Crippen molar-refractivity contribution in [2.24, 2.45) is 0 Å². The zero-order valence-electron chi connectivity index (χ0n) is 4.29. The average molecular weight is 113 g/mol. The number of nitrogens with one attached hydrogen (secondary N) is 1. The van der Waals surface area contributed by atoms with Crippen LogP contribution in [0.5, 0.6) is 0 Å². The Morgan fingerprint density at radius 3 is 3.12 bits per heavy atom. The van der Waals surface area contributed by atoms with Gasteiger partial charge in [0.1, 0.15) is 0 Å². The van der Waals surface area contributed by atoms with Crippen LogP contribution in [0.15, 0.2) is 23.0 Å². The summed E-state index contributed by atoms with van der Waals surface area (Å²) in [5.74, 6) is 0. The third kappa shape index (κ3) is 1.08. The highest BCUT2D eigenvalue weighted by Gasteiger charge is 1.88. The summed E-state index contributed by atoms with van der Waals surface area (Å²) >= 11 is 0. The topological polar surface area (TPSA) is 45.4 Å². The van der Waals surface area contributed by atoms with Gasteiger partial charge in [0.05, 0.1) is 12.5 Å². The van der Waals surface area contributed by atoms with Crippen molar-refractivity contribution in [3.05, 3.63) is 24.2 Å². The van der Waals surface area contributed by atoms with E-state index in [0.29, 0.717) is 6.54 Å². The fourth-order valence-corrected chi connectivity index (χ4v) is 0.485. The normalized spacial score (nSPS) is 9.62. The van der Waals surface area contributed by atoms with Gasteiger partial charge in [0, 0.05) is 12.1 Å². The number of hydrogen-bond acceptors (Lipinski definition) is 3. The van der Waals surface area contributed by atoms with Gasteiger partial charge in [-0.15, -0.1) is 0 Å². The van der Waals surface area contributed by atoms with Gasteiger partial charge in [-0.2, -0.15) is 0 Å². The van der Waals surface area contributed by atoms with Gasteiger partial charge < -0.3 is 9.62 Å². The molecule has 0 bridgehead atoms. The second-order valence-corrected chi connectivity index (χ2v) is 1.47. The van der Waals surface area contributed by atoms with Gasteiger partial charge in [-0.05, 0) is 6.07 Å². The van der Waals surface area contributed by atoms with E-state index in [4.69, 9.17) is 9.62 Å². The molecule has 0 radical (unpaired) electrons. The molecule has 0 aliphatic heterocycles. The van der Waals surface area contributed by atoms with E-state index in [1.54, 1.807) is 18.6 Å². The molecule has 0 amide bonds. The molecule has 0 fully saturated rings. The molecule has 2 N–H and O–H groups in total. The van der Waals surface area contributed by atoms with Crippen LogP contribution in [0.25, 0.3) is 0 Å². The van der Waals surface area contributed by atoms with E-state index in [9.17, 15) is 0 Å². The Balaban J connectivity index is 2.50. The summed E-state index contributed by atoms with van der Waals surface area (Å²) in [7, 11) is 0. The van der Waals surface area contributed by atoms with Gasteiger partial charge in [0.15, 0.2) is 0 Å². The zero-order valence-corrected chi connectivity index (χ0v) is 4.29. The van der Waals surface area contributed by atoms with Crippen molar-refractivity contribution in [1.29, 1.82) is 0 Å². The fourth-order valence-electron chi connectivity index (χ4n) is 0.485. The Hall–Kier alpha value is -0.800. The van der Waals surface area contributed by atoms with Crippen LogP contribution in [0.3, 0.4) is 0 Å². The molecule has 1 aromatic heterocycles. The van der Waals surface area contributed by atoms with Crippen molar-refractivity contribution < 1.29 is 9.62 Å². The maximum atomic E-state index is 8.15. The zero-order chi connectivity index (χ0) is 5.82.